The fourth-order valence-corrected chi connectivity index (χ4v) is 4.15. The van der Waals surface area contributed by atoms with Crippen molar-refractivity contribution in [3.8, 4) is 0 Å². The van der Waals surface area contributed by atoms with Gasteiger partial charge < -0.3 is 4.42 Å². The summed E-state index contributed by atoms with van der Waals surface area (Å²) in [5.41, 5.74) is 0.358. The van der Waals surface area contributed by atoms with E-state index in [9.17, 15) is 16.8 Å². The predicted molar refractivity (Wildman–Crippen MR) is 94.2 cm³/mol. The fraction of sp³-hybridized carbons (Fsp3) is 0.0625. The third kappa shape index (κ3) is 4.28. The van der Waals surface area contributed by atoms with Gasteiger partial charge in [0, 0.05) is 12.4 Å². The average molecular weight is 393 g/mol. The van der Waals surface area contributed by atoms with Crippen molar-refractivity contribution in [1.29, 1.82) is 0 Å². The second-order valence-corrected chi connectivity index (χ2v) is 8.67. The Morgan fingerprint density at radius 2 is 1.46 bits per heavy atom. The molecule has 1 aromatic carbocycles. The summed E-state index contributed by atoms with van der Waals surface area (Å²) in [6.45, 7) is -0.00101. The molecule has 2 N–H and O–H groups in total. The van der Waals surface area contributed by atoms with E-state index < -0.39 is 20.0 Å². The number of nitrogens with one attached hydrogen (secondary N) is 2. The summed E-state index contributed by atoms with van der Waals surface area (Å²) >= 11 is 0. The maximum atomic E-state index is 12.3. The number of furan rings is 1. The largest absolute Gasteiger partial charge is 0.468 e. The topological polar surface area (TPSA) is 118 Å². The van der Waals surface area contributed by atoms with Gasteiger partial charge in [-0.15, -0.1) is 0 Å². The lowest BCUT2D eigenvalue weighted by molar-refractivity contribution is 0.498. The van der Waals surface area contributed by atoms with Crippen molar-refractivity contribution in [2.45, 2.75) is 16.3 Å². The third-order valence-electron chi connectivity index (χ3n) is 3.39. The first-order valence-corrected chi connectivity index (χ1v) is 10.4. The highest BCUT2D eigenvalue weighted by atomic mass is 32.2. The van der Waals surface area contributed by atoms with E-state index >= 15 is 0 Å². The van der Waals surface area contributed by atoms with Gasteiger partial charge in [0.15, 0.2) is 0 Å². The van der Waals surface area contributed by atoms with Crippen molar-refractivity contribution < 1.29 is 21.3 Å². The second kappa shape index (κ2) is 7.28. The molecule has 0 aliphatic carbocycles. The molecular formula is C16H15N3O5S2. The fourth-order valence-electron chi connectivity index (χ4n) is 2.09. The number of aromatic nitrogens is 1. The molecule has 26 heavy (non-hydrogen) atoms. The van der Waals surface area contributed by atoms with Crippen LogP contribution in [0.2, 0.25) is 0 Å². The van der Waals surface area contributed by atoms with Crippen LogP contribution in [0, 0.1) is 0 Å². The van der Waals surface area contributed by atoms with Crippen LogP contribution in [0.1, 0.15) is 5.76 Å². The molecule has 0 bridgehead atoms. The van der Waals surface area contributed by atoms with E-state index in [4.69, 9.17) is 4.42 Å². The van der Waals surface area contributed by atoms with Gasteiger partial charge in [-0.05, 0) is 48.5 Å². The molecule has 0 radical (unpaired) electrons. The van der Waals surface area contributed by atoms with Crippen LogP contribution in [0.15, 0.2) is 81.4 Å². The second-order valence-electron chi connectivity index (χ2n) is 5.22. The lowest BCUT2D eigenvalue weighted by Gasteiger charge is -2.09. The molecule has 0 saturated heterocycles. The molecule has 0 aliphatic heterocycles. The van der Waals surface area contributed by atoms with Gasteiger partial charge in [-0.25, -0.2) is 21.6 Å². The van der Waals surface area contributed by atoms with Gasteiger partial charge in [-0.2, -0.15) is 0 Å². The van der Waals surface area contributed by atoms with Crippen molar-refractivity contribution in [2.75, 3.05) is 4.72 Å². The number of nitrogens with zero attached hydrogens (tertiary/aromatic N) is 1. The summed E-state index contributed by atoms with van der Waals surface area (Å²) in [6, 6.07) is 11.2. The minimum absolute atomic E-state index is 0.00101. The average Bonchev–Trinajstić information content (AvgIpc) is 3.14. The van der Waals surface area contributed by atoms with Crippen molar-refractivity contribution in [2.24, 2.45) is 0 Å². The minimum Gasteiger partial charge on any atom is -0.468 e. The molecular weight excluding hydrogens is 378 g/mol. The summed E-state index contributed by atoms with van der Waals surface area (Å²) < 4.78 is 59.0. The zero-order valence-electron chi connectivity index (χ0n) is 13.4. The maximum Gasteiger partial charge on any atom is 0.261 e. The lowest BCUT2D eigenvalue weighted by Crippen LogP contribution is -2.23. The predicted octanol–water partition coefficient (Wildman–Crippen LogP) is 1.95. The molecule has 2 aromatic heterocycles. The summed E-state index contributed by atoms with van der Waals surface area (Å²) in [7, 11) is -7.62. The van der Waals surface area contributed by atoms with Crippen LogP contribution in [0.25, 0.3) is 0 Å². The first-order valence-electron chi connectivity index (χ1n) is 7.42. The van der Waals surface area contributed by atoms with Gasteiger partial charge in [0.2, 0.25) is 10.0 Å². The van der Waals surface area contributed by atoms with Gasteiger partial charge in [0.05, 0.1) is 28.3 Å². The highest BCUT2D eigenvalue weighted by molar-refractivity contribution is 7.92. The van der Waals surface area contributed by atoms with E-state index in [2.05, 4.69) is 14.4 Å². The summed E-state index contributed by atoms with van der Waals surface area (Å²) in [5.74, 6) is 0.467. The van der Waals surface area contributed by atoms with Crippen LogP contribution in [0.4, 0.5) is 5.69 Å². The lowest BCUT2D eigenvalue weighted by atomic mass is 10.4. The Morgan fingerprint density at radius 1 is 0.846 bits per heavy atom. The number of hydrogen-bond donors (Lipinski definition) is 2. The summed E-state index contributed by atoms with van der Waals surface area (Å²) in [6.07, 6.45) is 4.36. The van der Waals surface area contributed by atoms with Crippen LogP contribution in [0.5, 0.6) is 0 Å². The Balaban J connectivity index is 1.75. The Bertz CT molecular complexity index is 1060. The molecule has 10 heteroatoms. The van der Waals surface area contributed by atoms with Crippen molar-refractivity contribution >= 4 is 25.7 Å². The van der Waals surface area contributed by atoms with Crippen LogP contribution in [-0.2, 0) is 26.6 Å². The molecule has 2 heterocycles. The molecule has 0 amide bonds. The van der Waals surface area contributed by atoms with Crippen LogP contribution in [-0.4, -0.2) is 21.8 Å². The number of benzene rings is 1. The molecule has 3 aromatic rings. The standard InChI is InChI=1S/C16H15N3O5S2/c20-25(21,18-12-14-2-1-11-24-14)15-3-5-16(6-4-15)26(22,23)19-13-7-9-17-10-8-13/h1-11,18H,12H2,(H,17,19). The Morgan fingerprint density at radius 3 is 2.04 bits per heavy atom. The number of sulfonamides is 2. The SMILES string of the molecule is O=S(=O)(NCc1ccco1)c1ccc(S(=O)(=O)Nc2ccncc2)cc1. The van der Waals surface area contributed by atoms with Crippen LogP contribution >= 0.6 is 0 Å². The first-order chi connectivity index (χ1) is 12.4. The number of rotatable bonds is 7. The molecule has 0 aliphatic rings. The number of hydrogen-bond acceptors (Lipinski definition) is 6. The number of anilines is 1. The minimum atomic E-state index is -3.83. The van der Waals surface area contributed by atoms with Crippen molar-refractivity contribution in [3.05, 3.63) is 72.9 Å². The van der Waals surface area contributed by atoms with E-state index in [0.717, 1.165) is 0 Å². The van der Waals surface area contributed by atoms with Gasteiger partial charge >= 0.3 is 0 Å². The zero-order chi connectivity index (χ0) is 18.6. The molecule has 3 rings (SSSR count). The van der Waals surface area contributed by atoms with E-state index in [1.807, 2.05) is 0 Å². The normalized spacial score (nSPS) is 12.0. The van der Waals surface area contributed by atoms with E-state index in [-0.39, 0.29) is 16.3 Å². The molecule has 0 spiro atoms. The molecule has 0 unspecified atom stereocenters. The Hall–Kier alpha value is -2.69. The quantitative estimate of drug-likeness (QED) is 0.633. The molecule has 136 valence electrons. The van der Waals surface area contributed by atoms with Crippen molar-refractivity contribution in [3.63, 3.8) is 0 Å². The van der Waals surface area contributed by atoms with E-state index in [1.165, 1.54) is 55.1 Å². The summed E-state index contributed by atoms with van der Waals surface area (Å²) in [5, 5.41) is 0. The monoisotopic (exact) mass is 393 g/mol. The molecule has 0 saturated carbocycles. The molecule has 0 fully saturated rings. The number of pyridine rings is 1. The molecule has 0 atom stereocenters. The Kier molecular flexibility index (Phi) is 5.07. The van der Waals surface area contributed by atoms with Gasteiger partial charge in [-0.1, -0.05) is 0 Å². The first kappa shape index (κ1) is 18.1. The molecule has 8 nitrogen and oxygen atoms in total. The smallest absolute Gasteiger partial charge is 0.261 e. The highest BCUT2D eigenvalue weighted by Gasteiger charge is 2.18. The Labute approximate surface area is 151 Å². The van der Waals surface area contributed by atoms with Gasteiger partial charge in [-0.3, -0.25) is 9.71 Å². The van der Waals surface area contributed by atoms with Gasteiger partial charge in [0.25, 0.3) is 10.0 Å². The zero-order valence-corrected chi connectivity index (χ0v) is 15.0. The maximum absolute atomic E-state index is 12.3. The van der Waals surface area contributed by atoms with Crippen LogP contribution in [0.3, 0.4) is 0 Å². The summed E-state index contributed by atoms with van der Waals surface area (Å²) in [4.78, 5) is 3.70. The highest BCUT2D eigenvalue weighted by Crippen LogP contribution is 2.18. The van der Waals surface area contributed by atoms with Crippen LogP contribution < -0.4 is 9.44 Å². The van der Waals surface area contributed by atoms with E-state index in [1.54, 1.807) is 12.1 Å². The van der Waals surface area contributed by atoms with Gasteiger partial charge in [0.1, 0.15) is 5.76 Å². The van der Waals surface area contributed by atoms with E-state index in [0.29, 0.717) is 11.4 Å². The third-order valence-corrected chi connectivity index (χ3v) is 6.21. The van der Waals surface area contributed by atoms with Crippen molar-refractivity contribution in [1.82, 2.24) is 9.71 Å².